The maximum absolute atomic E-state index is 13.4. The van der Waals surface area contributed by atoms with E-state index in [9.17, 15) is 4.79 Å². The number of carbonyl (C=O) groups excluding carboxylic acids is 1. The normalized spacial score (nSPS) is 16.3. The van der Waals surface area contributed by atoms with E-state index in [1.165, 1.54) is 10.9 Å². The molecular formula is C28H29N3O4. The van der Waals surface area contributed by atoms with Crippen LogP contribution in [0.5, 0.6) is 5.75 Å². The summed E-state index contributed by atoms with van der Waals surface area (Å²) >= 11 is 0. The zero-order chi connectivity index (χ0) is 24.2. The predicted molar refractivity (Wildman–Crippen MR) is 132 cm³/mol. The Morgan fingerprint density at radius 3 is 2.91 bits per heavy atom. The van der Waals surface area contributed by atoms with Gasteiger partial charge in [-0.1, -0.05) is 29.4 Å². The van der Waals surface area contributed by atoms with Gasteiger partial charge in [0.1, 0.15) is 18.1 Å². The van der Waals surface area contributed by atoms with Crippen molar-refractivity contribution in [2.24, 2.45) is 5.92 Å². The van der Waals surface area contributed by atoms with E-state index in [1.54, 1.807) is 6.07 Å². The van der Waals surface area contributed by atoms with Gasteiger partial charge >= 0.3 is 0 Å². The Balaban J connectivity index is 1.28. The second-order valence-electron chi connectivity index (χ2n) is 9.03. The maximum Gasteiger partial charge on any atom is 0.254 e. The second-order valence-corrected chi connectivity index (χ2v) is 9.03. The average molecular weight is 472 g/mol. The lowest BCUT2D eigenvalue weighted by Gasteiger charge is -2.24. The van der Waals surface area contributed by atoms with Crippen molar-refractivity contribution in [3.63, 3.8) is 0 Å². The van der Waals surface area contributed by atoms with Crippen LogP contribution in [0, 0.1) is 19.8 Å². The molecule has 0 spiro atoms. The van der Waals surface area contributed by atoms with Gasteiger partial charge in [-0.3, -0.25) is 9.78 Å². The van der Waals surface area contributed by atoms with Crippen molar-refractivity contribution in [3.05, 3.63) is 89.1 Å². The van der Waals surface area contributed by atoms with Crippen molar-refractivity contribution in [2.45, 2.75) is 26.9 Å². The fraction of sp³-hybridized carbons (Fsp3) is 0.321. The average Bonchev–Trinajstić information content (AvgIpc) is 3.06. The smallest absolute Gasteiger partial charge is 0.254 e. The van der Waals surface area contributed by atoms with Crippen molar-refractivity contribution in [1.82, 2.24) is 15.0 Å². The Bertz CT molecular complexity index is 1310. The summed E-state index contributed by atoms with van der Waals surface area (Å²) in [5.74, 6) is 1.58. The van der Waals surface area contributed by atoms with Gasteiger partial charge < -0.3 is 18.9 Å². The number of ether oxygens (including phenoxy) is 2. The third kappa shape index (κ3) is 5.20. The van der Waals surface area contributed by atoms with E-state index >= 15 is 0 Å². The van der Waals surface area contributed by atoms with Gasteiger partial charge in [0.2, 0.25) is 0 Å². The van der Waals surface area contributed by atoms with Gasteiger partial charge in [0, 0.05) is 42.4 Å². The molecule has 0 radical (unpaired) electrons. The van der Waals surface area contributed by atoms with E-state index < -0.39 is 0 Å². The summed E-state index contributed by atoms with van der Waals surface area (Å²) in [6.07, 6.45) is 4.55. The van der Waals surface area contributed by atoms with Crippen LogP contribution in [-0.4, -0.2) is 47.3 Å². The Hall–Kier alpha value is -3.71. The molecular weight excluding hydrogens is 442 g/mol. The summed E-state index contributed by atoms with van der Waals surface area (Å²) in [5, 5.41) is 6.29. The first kappa shape index (κ1) is 23.1. The maximum atomic E-state index is 13.4. The molecule has 2 aromatic heterocycles. The van der Waals surface area contributed by atoms with Crippen LogP contribution in [-0.2, 0) is 17.8 Å². The number of amides is 1. The fourth-order valence-electron chi connectivity index (χ4n) is 4.63. The molecule has 2 aromatic carbocycles. The Morgan fingerprint density at radius 2 is 2.06 bits per heavy atom. The molecule has 0 aliphatic carbocycles. The van der Waals surface area contributed by atoms with Gasteiger partial charge in [0.25, 0.3) is 5.91 Å². The first-order chi connectivity index (χ1) is 17.1. The monoisotopic (exact) mass is 471 g/mol. The van der Waals surface area contributed by atoms with Crippen molar-refractivity contribution < 1.29 is 18.8 Å². The molecule has 7 nitrogen and oxygen atoms in total. The number of aryl methyl sites for hydroxylation is 2. The summed E-state index contributed by atoms with van der Waals surface area (Å²) in [6, 6.07) is 15.7. The van der Waals surface area contributed by atoms with Gasteiger partial charge in [0.15, 0.2) is 0 Å². The van der Waals surface area contributed by atoms with Crippen molar-refractivity contribution in [3.8, 4) is 5.75 Å². The number of carbonyl (C=O) groups is 1. The molecule has 1 amide bonds. The van der Waals surface area contributed by atoms with Crippen LogP contribution < -0.4 is 4.74 Å². The lowest BCUT2D eigenvalue weighted by atomic mass is 9.95. The third-order valence-electron chi connectivity index (χ3n) is 6.55. The lowest BCUT2D eigenvalue weighted by Crippen LogP contribution is -2.36. The molecule has 1 aliphatic heterocycles. The van der Waals surface area contributed by atoms with Gasteiger partial charge in [0.05, 0.1) is 24.5 Å². The highest BCUT2D eigenvalue weighted by atomic mass is 16.5. The SMILES string of the molecule is Cc1noc(C)c1COc1cccc(C(=O)N2CCOC[C@H](Cc3cccc4cnccc34)C2)c1. The molecule has 4 aromatic rings. The molecule has 1 aliphatic rings. The van der Waals surface area contributed by atoms with E-state index in [4.69, 9.17) is 14.0 Å². The molecule has 0 N–H and O–H groups in total. The molecule has 180 valence electrons. The van der Waals surface area contributed by atoms with Crippen LogP contribution in [0.3, 0.4) is 0 Å². The first-order valence-electron chi connectivity index (χ1n) is 11.9. The summed E-state index contributed by atoms with van der Waals surface area (Å²) in [7, 11) is 0. The lowest BCUT2D eigenvalue weighted by molar-refractivity contribution is 0.0737. The van der Waals surface area contributed by atoms with E-state index in [1.807, 2.05) is 49.3 Å². The molecule has 5 rings (SSSR count). The number of hydrogen-bond acceptors (Lipinski definition) is 6. The van der Waals surface area contributed by atoms with Crippen molar-refractivity contribution >= 4 is 16.7 Å². The first-order valence-corrected chi connectivity index (χ1v) is 11.9. The number of pyridine rings is 1. The van der Waals surface area contributed by atoms with E-state index in [-0.39, 0.29) is 11.8 Å². The Kier molecular flexibility index (Phi) is 6.77. The molecule has 1 fully saturated rings. The number of hydrogen-bond donors (Lipinski definition) is 0. The van der Waals surface area contributed by atoms with E-state index in [2.05, 4.69) is 34.4 Å². The molecule has 0 unspecified atom stereocenters. The van der Waals surface area contributed by atoms with Crippen LogP contribution >= 0.6 is 0 Å². The van der Waals surface area contributed by atoms with Gasteiger partial charge in [-0.15, -0.1) is 0 Å². The van der Waals surface area contributed by atoms with E-state index in [0.717, 1.165) is 28.8 Å². The molecule has 7 heteroatoms. The zero-order valence-electron chi connectivity index (χ0n) is 20.1. The van der Waals surface area contributed by atoms with Crippen LogP contribution in [0.4, 0.5) is 0 Å². The molecule has 0 saturated carbocycles. The van der Waals surface area contributed by atoms with Crippen LogP contribution in [0.15, 0.2) is 65.4 Å². The Morgan fingerprint density at radius 1 is 1.17 bits per heavy atom. The fourth-order valence-corrected chi connectivity index (χ4v) is 4.63. The second kappa shape index (κ2) is 10.3. The van der Waals surface area contributed by atoms with E-state index in [0.29, 0.717) is 44.2 Å². The molecule has 0 bridgehead atoms. The number of fused-ring (bicyclic) bond motifs is 1. The molecule has 1 atom stereocenters. The quantitative estimate of drug-likeness (QED) is 0.404. The summed E-state index contributed by atoms with van der Waals surface area (Å²) in [6.45, 7) is 6.48. The van der Waals surface area contributed by atoms with Crippen LogP contribution in [0.1, 0.15) is 32.9 Å². The largest absolute Gasteiger partial charge is 0.489 e. The predicted octanol–water partition coefficient (Wildman–Crippen LogP) is 4.75. The summed E-state index contributed by atoms with van der Waals surface area (Å²) in [5.41, 5.74) is 3.60. The highest BCUT2D eigenvalue weighted by Gasteiger charge is 2.24. The molecule has 35 heavy (non-hydrogen) atoms. The van der Waals surface area contributed by atoms with Crippen molar-refractivity contribution in [1.29, 1.82) is 0 Å². The number of aromatic nitrogens is 2. The highest BCUT2D eigenvalue weighted by molar-refractivity contribution is 5.94. The molecule has 3 heterocycles. The van der Waals surface area contributed by atoms with Gasteiger partial charge in [-0.05, 0) is 55.5 Å². The van der Waals surface area contributed by atoms with Gasteiger partial charge in [-0.2, -0.15) is 0 Å². The minimum absolute atomic E-state index is 0.00888. The minimum atomic E-state index is -0.00888. The molecule has 1 saturated heterocycles. The Labute approximate surface area is 204 Å². The minimum Gasteiger partial charge on any atom is -0.489 e. The van der Waals surface area contributed by atoms with Crippen molar-refractivity contribution in [2.75, 3.05) is 26.3 Å². The number of benzene rings is 2. The van der Waals surface area contributed by atoms with Crippen LogP contribution in [0.25, 0.3) is 10.8 Å². The number of rotatable bonds is 6. The van der Waals surface area contributed by atoms with Crippen LogP contribution in [0.2, 0.25) is 0 Å². The topological polar surface area (TPSA) is 77.7 Å². The summed E-state index contributed by atoms with van der Waals surface area (Å²) < 4.78 is 17.1. The standard InChI is InChI=1S/C28H29N3O4/c1-19-27(20(2)35-30-19)18-34-25-8-4-6-23(14-25)28(32)31-11-12-33-17-21(16-31)13-22-5-3-7-24-15-29-10-9-26(22)24/h3-10,14-15,21H,11-13,16-18H2,1-2H3/t21-/m1/s1. The highest BCUT2D eigenvalue weighted by Crippen LogP contribution is 2.24. The number of nitrogens with zero attached hydrogens (tertiary/aromatic N) is 3. The third-order valence-corrected chi connectivity index (χ3v) is 6.55. The summed E-state index contributed by atoms with van der Waals surface area (Å²) in [4.78, 5) is 19.6. The van der Waals surface area contributed by atoms with Gasteiger partial charge in [-0.25, -0.2) is 0 Å². The zero-order valence-corrected chi connectivity index (χ0v) is 20.1.